The van der Waals surface area contributed by atoms with Crippen molar-refractivity contribution in [1.82, 2.24) is 0 Å². The molecule has 0 spiro atoms. The summed E-state index contributed by atoms with van der Waals surface area (Å²) in [5.41, 5.74) is -0.765. The Kier molecular flexibility index (Phi) is 2.93. The first-order chi connectivity index (χ1) is 8.11. The van der Waals surface area contributed by atoms with Crippen molar-refractivity contribution in [1.29, 1.82) is 0 Å². The molecule has 17 heavy (non-hydrogen) atoms. The predicted molar refractivity (Wildman–Crippen MR) is 57.1 cm³/mol. The lowest BCUT2D eigenvalue weighted by Crippen LogP contribution is -2.07. The number of aliphatic hydroxyl groups excluding tert-OH is 1. The topological polar surface area (TPSA) is 70.7 Å². The largest absolute Gasteiger partial charge is 0.502 e. The Hall–Kier alpha value is -2.14. The van der Waals surface area contributed by atoms with Crippen LogP contribution in [0.5, 0.6) is 5.75 Å². The molecule has 1 aromatic carbocycles. The normalized spacial score (nSPS) is 12.4. The van der Waals surface area contributed by atoms with E-state index < -0.39 is 23.1 Å². The SMILES string of the molecule is O=c1ccoc(C(O)c2ccccc2F)c1O. The highest BCUT2D eigenvalue weighted by molar-refractivity contribution is 5.32. The van der Waals surface area contributed by atoms with Crippen molar-refractivity contribution in [2.45, 2.75) is 6.10 Å². The third-order valence-corrected chi connectivity index (χ3v) is 2.33. The zero-order valence-corrected chi connectivity index (χ0v) is 8.63. The second-order valence-electron chi connectivity index (χ2n) is 3.42. The van der Waals surface area contributed by atoms with Crippen molar-refractivity contribution < 1.29 is 19.0 Å². The van der Waals surface area contributed by atoms with Gasteiger partial charge in [-0.25, -0.2) is 4.39 Å². The Morgan fingerprint density at radius 1 is 1.24 bits per heavy atom. The van der Waals surface area contributed by atoms with Crippen LogP contribution >= 0.6 is 0 Å². The van der Waals surface area contributed by atoms with Crippen molar-refractivity contribution in [2.24, 2.45) is 0 Å². The van der Waals surface area contributed by atoms with E-state index in [0.717, 1.165) is 18.4 Å². The van der Waals surface area contributed by atoms with Crippen molar-refractivity contribution >= 4 is 0 Å². The van der Waals surface area contributed by atoms with Gasteiger partial charge in [0.25, 0.3) is 0 Å². The fourth-order valence-corrected chi connectivity index (χ4v) is 1.46. The van der Waals surface area contributed by atoms with Gasteiger partial charge in [-0.1, -0.05) is 18.2 Å². The lowest BCUT2D eigenvalue weighted by atomic mass is 10.1. The van der Waals surface area contributed by atoms with E-state index in [1.165, 1.54) is 18.2 Å². The Balaban J connectivity index is 2.52. The molecule has 2 rings (SSSR count). The molecule has 1 aromatic heterocycles. The van der Waals surface area contributed by atoms with E-state index in [1.54, 1.807) is 0 Å². The zero-order chi connectivity index (χ0) is 12.4. The Labute approximate surface area is 95.6 Å². The number of aromatic hydroxyl groups is 1. The van der Waals surface area contributed by atoms with Crippen LogP contribution in [0.2, 0.25) is 0 Å². The number of hydrogen-bond acceptors (Lipinski definition) is 4. The van der Waals surface area contributed by atoms with E-state index in [9.17, 15) is 19.4 Å². The van der Waals surface area contributed by atoms with Gasteiger partial charge in [0, 0.05) is 11.6 Å². The van der Waals surface area contributed by atoms with Crippen LogP contribution in [-0.4, -0.2) is 10.2 Å². The van der Waals surface area contributed by atoms with Crippen molar-refractivity contribution in [3.8, 4) is 5.75 Å². The molecular formula is C12H9FO4. The second kappa shape index (κ2) is 4.39. The Morgan fingerprint density at radius 3 is 2.65 bits per heavy atom. The number of benzene rings is 1. The summed E-state index contributed by atoms with van der Waals surface area (Å²) in [5.74, 6) is -1.74. The second-order valence-corrected chi connectivity index (χ2v) is 3.42. The molecule has 1 atom stereocenters. The van der Waals surface area contributed by atoms with Gasteiger partial charge in [-0.15, -0.1) is 0 Å². The fraction of sp³-hybridized carbons (Fsp3) is 0.0833. The molecule has 5 heteroatoms. The maximum Gasteiger partial charge on any atom is 0.226 e. The number of hydrogen-bond donors (Lipinski definition) is 2. The molecule has 0 aliphatic carbocycles. The van der Waals surface area contributed by atoms with E-state index in [4.69, 9.17) is 4.42 Å². The molecule has 0 saturated carbocycles. The van der Waals surface area contributed by atoms with Crippen molar-refractivity contribution in [2.75, 3.05) is 0 Å². The van der Waals surface area contributed by atoms with Crippen LogP contribution in [-0.2, 0) is 0 Å². The summed E-state index contributed by atoms with van der Waals surface area (Å²) >= 11 is 0. The van der Waals surface area contributed by atoms with E-state index >= 15 is 0 Å². The molecular weight excluding hydrogens is 227 g/mol. The molecule has 2 N–H and O–H groups in total. The highest BCUT2D eigenvalue weighted by Crippen LogP contribution is 2.28. The molecule has 0 aliphatic heterocycles. The molecule has 4 nitrogen and oxygen atoms in total. The Morgan fingerprint density at radius 2 is 1.94 bits per heavy atom. The van der Waals surface area contributed by atoms with Crippen molar-refractivity contribution in [3.63, 3.8) is 0 Å². The summed E-state index contributed by atoms with van der Waals surface area (Å²) in [6.07, 6.45) is -0.494. The summed E-state index contributed by atoms with van der Waals surface area (Å²) in [6, 6.07) is 6.50. The van der Waals surface area contributed by atoms with Gasteiger partial charge in [-0.05, 0) is 6.07 Å². The number of rotatable bonds is 2. The molecule has 0 aliphatic rings. The summed E-state index contributed by atoms with van der Waals surface area (Å²) in [7, 11) is 0. The molecule has 1 heterocycles. The predicted octanol–water partition coefficient (Wildman–Crippen LogP) is 1.57. The van der Waals surface area contributed by atoms with Gasteiger partial charge in [0.05, 0.1) is 6.26 Å². The highest BCUT2D eigenvalue weighted by Gasteiger charge is 2.21. The van der Waals surface area contributed by atoms with Gasteiger partial charge >= 0.3 is 0 Å². The average molecular weight is 236 g/mol. The molecule has 2 aromatic rings. The molecule has 0 radical (unpaired) electrons. The maximum absolute atomic E-state index is 13.4. The van der Waals surface area contributed by atoms with E-state index in [-0.39, 0.29) is 11.3 Å². The first-order valence-corrected chi connectivity index (χ1v) is 4.84. The number of aliphatic hydroxyl groups is 1. The smallest absolute Gasteiger partial charge is 0.226 e. The monoisotopic (exact) mass is 236 g/mol. The lowest BCUT2D eigenvalue weighted by Gasteiger charge is -2.11. The quantitative estimate of drug-likeness (QED) is 0.830. The Bertz CT molecular complexity index is 591. The molecule has 1 unspecified atom stereocenters. The first kappa shape index (κ1) is 11.3. The molecule has 0 fully saturated rings. The van der Waals surface area contributed by atoms with Crippen LogP contribution in [0.15, 0.2) is 45.8 Å². The van der Waals surface area contributed by atoms with Gasteiger partial charge in [-0.2, -0.15) is 0 Å². The summed E-state index contributed by atoms with van der Waals surface area (Å²) < 4.78 is 18.2. The number of halogens is 1. The fourth-order valence-electron chi connectivity index (χ4n) is 1.46. The highest BCUT2D eigenvalue weighted by atomic mass is 19.1. The van der Waals surface area contributed by atoms with E-state index in [0.29, 0.717) is 0 Å². The van der Waals surface area contributed by atoms with Gasteiger partial charge < -0.3 is 14.6 Å². The third kappa shape index (κ3) is 2.05. The maximum atomic E-state index is 13.4. The minimum atomic E-state index is -1.52. The third-order valence-electron chi connectivity index (χ3n) is 2.33. The van der Waals surface area contributed by atoms with Crippen LogP contribution in [0.4, 0.5) is 4.39 Å². The van der Waals surface area contributed by atoms with Crippen LogP contribution < -0.4 is 5.43 Å². The molecule has 88 valence electrons. The molecule has 0 bridgehead atoms. The minimum Gasteiger partial charge on any atom is -0.502 e. The van der Waals surface area contributed by atoms with Gasteiger partial charge in [0.1, 0.15) is 11.9 Å². The summed E-state index contributed by atoms with van der Waals surface area (Å²) in [5, 5.41) is 19.3. The van der Waals surface area contributed by atoms with Crippen LogP contribution in [0.25, 0.3) is 0 Å². The van der Waals surface area contributed by atoms with E-state index in [2.05, 4.69) is 0 Å². The van der Waals surface area contributed by atoms with Crippen LogP contribution in [0.3, 0.4) is 0 Å². The lowest BCUT2D eigenvalue weighted by molar-refractivity contribution is 0.174. The van der Waals surface area contributed by atoms with Gasteiger partial charge in [0.2, 0.25) is 11.2 Å². The van der Waals surface area contributed by atoms with Crippen LogP contribution in [0.1, 0.15) is 17.4 Å². The summed E-state index contributed by atoms with van der Waals surface area (Å²) in [6.45, 7) is 0. The first-order valence-electron chi connectivity index (χ1n) is 4.84. The minimum absolute atomic E-state index is 0.0721. The molecule has 0 amide bonds. The zero-order valence-electron chi connectivity index (χ0n) is 8.63. The summed E-state index contributed by atoms with van der Waals surface area (Å²) in [4.78, 5) is 11.1. The van der Waals surface area contributed by atoms with Crippen molar-refractivity contribution in [3.05, 3.63) is 64.0 Å². The van der Waals surface area contributed by atoms with Gasteiger partial charge in [-0.3, -0.25) is 4.79 Å². The average Bonchev–Trinajstić information content (AvgIpc) is 2.32. The van der Waals surface area contributed by atoms with E-state index in [1.807, 2.05) is 0 Å². The van der Waals surface area contributed by atoms with Gasteiger partial charge in [0.15, 0.2) is 5.76 Å². The van der Waals surface area contributed by atoms with Crippen LogP contribution in [0, 0.1) is 5.82 Å². The standard InChI is InChI=1S/C12H9FO4/c13-8-4-2-1-3-7(8)10(15)12-11(16)9(14)5-6-17-12/h1-6,10,15-16H. The molecule has 0 saturated heterocycles.